The highest BCUT2D eigenvalue weighted by Crippen LogP contribution is 2.36. The van der Waals surface area contributed by atoms with Gasteiger partial charge in [-0.25, -0.2) is 0 Å². The summed E-state index contributed by atoms with van der Waals surface area (Å²) < 4.78 is 21.8. The summed E-state index contributed by atoms with van der Waals surface area (Å²) in [7, 11) is 0. The van der Waals surface area contributed by atoms with Gasteiger partial charge in [-0.1, -0.05) is 95.1 Å². The molecule has 0 spiro atoms. The van der Waals surface area contributed by atoms with Gasteiger partial charge in [-0.15, -0.1) is 0 Å². The average Bonchev–Trinajstić information content (AvgIpc) is 3.81. The molecule has 0 saturated carbocycles. The Balaban J connectivity index is 1.54. The number of hydrogen-bond acceptors (Lipinski definition) is 2. The molecule has 7 rings (SSSR count). The first kappa shape index (κ1) is 45.6. The smallest absolute Gasteiger partial charge is 0.278 e. The predicted octanol–water partition coefficient (Wildman–Crippen LogP) is 12.9. The molecule has 2 heterocycles. The third-order valence-electron chi connectivity index (χ3n) is 12.5. The Morgan fingerprint density at radius 3 is 1.08 bits per heavy atom. The Morgan fingerprint density at radius 2 is 0.766 bits per heavy atom. The molecule has 5 aromatic carbocycles. The average molecular weight is 853 g/mol. The van der Waals surface area contributed by atoms with Crippen LogP contribution in [0, 0.1) is 83.1 Å². The maximum absolute atomic E-state index is 6.06. The fourth-order valence-electron chi connectivity index (χ4n) is 10.5. The molecule has 2 unspecified atom stereocenters. The second kappa shape index (κ2) is 19.1. The van der Waals surface area contributed by atoms with Gasteiger partial charge in [0, 0.05) is 0 Å². The van der Waals surface area contributed by atoms with E-state index in [1.54, 1.807) is 0 Å². The Morgan fingerprint density at radius 1 is 0.453 bits per heavy atom. The van der Waals surface area contributed by atoms with E-state index in [0.29, 0.717) is 13.2 Å². The van der Waals surface area contributed by atoms with Gasteiger partial charge in [-0.2, -0.15) is 18.3 Å². The predicted molar refractivity (Wildman–Crippen MR) is 263 cm³/mol. The van der Waals surface area contributed by atoms with Crippen molar-refractivity contribution in [3.05, 3.63) is 212 Å². The third kappa shape index (κ3) is 9.01. The number of allylic oxidation sites excluding steroid dienone is 2. The number of hydrogen-bond donors (Lipinski definition) is 0. The number of nitrogens with zero attached hydrogens (tertiary/aromatic N) is 4. The van der Waals surface area contributed by atoms with Gasteiger partial charge < -0.3 is 9.47 Å². The van der Waals surface area contributed by atoms with Crippen LogP contribution < -0.4 is 9.13 Å². The molecule has 6 heteroatoms. The fraction of sp³-hybridized carbons (Fsp3) is 0.310. The minimum absolute atomic E-state index is 0.208. The summed E-state index contributed by atoms with van der Waals surface area (Å²) in [5, 5.41) is 0. The van der Waals surface area contributed by atoms with Crippen molar-refractivity contribution >= 4 is 0 Å². The van der Waals surface area contributed by atoms with Gasteiger partial charge in [-0.05, 0) is 165 Å². The molecule has 0 bridgehead atoms. The van der Waals surface area contributed by atoms with E-state index in [1.807, 2.05) is 26.4 Å². The largest absolute Gasteiger partial charge is 0.502 e. The van der Waals surface area contributed by atoms with Crippen molar-refractivity contribution in [3.8, 4) is 22.7 Å². The summed E-state index contributed by atoms with van der Waals surface area (Å²) in [6.07, 6.45) is 17.2. The summed E-state index contributed by atoms with van der Waals surface area (Å²) in [6.45, 7) is 31.8. The van der Waals surface area contributed by atoms with Gasteiger partial charge in [0.2, 0.25) is 0 Å². The highest BCUT2D eigenvalue weighted by Gasteiger charge is 2.35. The molecule has 2 aromatic heterocycles. The van der Waals surface area contributed by atoms with Crippen LogP contribution in [0.5, 0.6) is 0 Å². The molecule has 2 atom stereocenters. The van der Waals surface area contributed by atoms with E-state index in [0.717, 1.165) is 22.8 Å². The van der Waals surface area contributed by atoms with Crippen molar-refractivity contribution in [1.82, 2.24) is 9.13 Å². The van der Waals surface area contributed by atoms with Gasteiger partial charge in [0.15, 0.2) is 0 Å². The van der Waals surface area contributed by atoms with Crippen molar-refractivity contribution in [2.45, 2.75) is 109 Å². The third-order valence-corrected chi connectivity index (χ3v) is 12.5. The number of aromatic nitrogens is 4. The Labute approximate surface area is 382 Å². The van der Waals surface area contributed by atoms with Gasteiger partial charge >= 0.3 is 0 Å². The summed E-state index contributed by atoms with van der Waals surface area (Å²) in [6, 6.07) is 27.5. The summed E-state index contributed by atoms with van der Waals surface area (Å²) in [5.41, 5.74) is 21.9. The second-order valence-electron chi connectivity index (χ2n) is 18.0. The lowest BCUT2D eigenvalue weighted by molar-refractivity contribution is -0.605. The molecule has 6 nitrogen and oxygen atoms in total. The van der Waals surface area contributed by atoms with Crippen molar-refractivity contribution in [1.29, 1.82) is 0 Å². The molecule has 0 aliphatic carbocycles. The minimum Gasteiger partial charge on any atom is -0.502 e. The van der Waals surface area contributed by atoms with Crippen LogP contribution in [0.3, 0.4) is 0 Å². The number of imidazole rings is 2. The fourth-order valence-corrected chi connectivity index (χ4v) is 10.5. The summed E-state index contributed by atoms with van der Waals surface area (Å²) >= 11 is 0. The molecule has 330 valence electrons. The maximum Gasteiger partial charge on any atom is 0.278 e. The quantitative estimate of drug-likeness (QED) is 0.0807. The number of rotatable bonds is 14. The van der Waals surface area contributed by atoms with Crippen LogP contribution >= 0.6 is 0 Å². The zero-order chi connectivity index (χ0) is 46.0. The zero-order valence-electron chi connectivity index (χ0n) is 40.7. The normalized spacial score (nSPS) is 12.7. The van der Waals surface area contributed by atoms with E-state index in [-0.39, 0.29) is 11.8 Å². The zero-order valence-corrected chi connectivity index (χ0v) is 40.7. The first-order valence-corrected chi connectivity index (χ1v) is 22.9. The van der Waals surface area contributed by atoms with E-state index in [4.69, 9.17) is 9.47 Å². The second-order valence-corrected chi connectivity index (χ2v) is 18.0. The lowest BCUT2D eigenvalue weighted by Crippen LogP contribution is -2.38. The van der Waals surface area contributed by atoms with Crippen molar-refractivity contribution < 1.29 is 18.6 Å². The Bertz CT molecular complexity index is 2470. The van der Waals surface area contributed by atoms with Crippen LogP contribution in [-0.4, -0.2) is 22.3 Å². The van der Waals surface area contributed by atoms with E-state index >= 15 is 0 Å². The van der Waals surface area contributed by atoms with E-state index in [9.17, 15) is 0 Å². The van der Waals surface area contributed by atoms with Crippen LogP contribution in [0.2, 0.25) is 0 Å². The number of ether oxygens (including phenoxy) is 2. The highest BCUT2D eigenvalue weighted by molar-refractivity contribution is 5.54. The minimum atomic E-state index is -0.208. The topological polar surface area (TPSA) is 36.1 Å². The molecule has 0 fully saturated rings. The lowest BCUT2D eigenvalue weighted by Gasteiger charge is -2.20. The summed E-state index contributed by atoms with van der Waals surface area (Å²) in [5.74, 6) is 1.82. The van der Waals surface area contributed by atoms with Crippen LogP contribution in [0.15, 0.2) is 122 Å². The molecule has 0 aliphatic rings. The molecule has 0 aliphatic heterocycles. The van der Waals surface area contributed by atoms with E-state index in [2.05, 4.69) is 211 Å². The number of aryl methyl sites for hydroxylation is 12. The molecule has 0 radical (unpaired) electrons. The summed E-state index contributed by atoms with van der Waals surface area (Å²) in [4.78, 5) is 0. The Hall–Kier alpha value is -6.40. The molecular formula is C58H68N4O2+2. The van der Waals surface area contributed by atoms with Gasteiger partial charge in [0.05, 0.1) is 25.7 Å². The molecule has 64 heavy (non-hydrogen) atoms. The monoisotopic (exact) mass is 853 g/mol. The van der Waals surface area contributed by atoms with Crippen molar-refractivity contribution in [3.63, 3.8) is 0 Å². The number of benzene rings is 5. The highest BCUT2D eigenvalue weighted by atomic mass is 16.5. The standard InChI is InChI=1S/C58H68N4O2/c1-15-63-26-20-51(57-59(53-41(7)28-37(3)29-42(53)8)22-23-60(57)54-43(9)30-38(4)31-44(54)10)49-18-17-19-50(36-49)52(21-27-64-16-2)58-61(55-45(11)32-39(5)33-46(55)12)24-25-62(58)56-47(13)34-40(6)35-48(56)14/h17-36,51-52H,15-16H2,1-14H3/q+2/b26-20-,27-21-. The Kier molecular flexibility index (Phi) is 13.6. The van der Waals surface area contributed by atoms with Gasteiger partial charge in [0.1, 0.15) is 59.4 Å². The first-order chi connectivity index (χ1) is 30.6. The van der Waals surface area contributed by atoms with Crippen LogP contribution in [-0.2, 0) is 9.47 Å². The van der Waals surface area contributed by atoms with E-state index in [1.165, 1.54) is 89.5 Å². The van der Waals surface area contributed by atoms with Crippen molar-refractivity contribution in [2.24, 2.45) is 0 Å². The van der Waals surface area contributed by atoms with E-state index < -0.39 is 0 Å². The van der Waals surface area contributed by atoms with Crippen LogP contribution in [0.4, 0.5) is 0 Å². The maximum atomic E-state index is 6.06. The molecular weight excluding hydrogens is 785 g/mol. The SMILES string of the molecule is CCO/C=C\C(c1cccc(C(/C=C\OCC)c2n(-c3c(C)cc(C)cc3C)cc[n+]2-c2c(C)cc(C)cc2C)c1)c1n(-c2c(C)cc(C)cc2C)cc[n+]1-c1c(C)cc(C)cc1C. The molecule has 0 amide bonds. The molecule has 0 saturated heterocycles. The van der Waals surface area contributed by atoms with Crippen LogP contribution in [0.25, 0.3) is 22.7 Å². The van der Waals surface area contributed by atoms with Crippen molar-refractivity contribution in [2.75, 3.05) is 13.2 Å². The lowest BCUT2D eigenvalue weighted by atomic mass is 9.90. The molecule has 0 N–H and O–H groups in total. The molecule has 7 aromatic rings. The van der Waals surface area contributed by atoms with Gasteiger partial charge in [0.25, 0.3) is 11.6 Å². The van der Waals surface area contributed by atoms with Gasteiger partial charge in [-0.3, -0.25) is 0 Å². The first-order valence-electron chi connectivity index (χ1n) is 22.9. The van der Waals surface area contributed by atoms with Crippen LogP contribution in [0.1, 0.15) is 115 Å².